The highest BCUT2D eigenvalue weighted by atomic mass is 16.7. The Morgan fingerprint density at radius 2 is 2.33 bits per heavy atom. The summed E-state index contributed by atoms with van der Waals surface area (Å²) in [6.45, 7) is 3.98. The molecule has 1 saturated heterocycles. The molecule has 0 bridgehead atoms. The number of hydrogen-bond donors (Lipinski definition) is 1. The van der Waals surface area contributed by atoms with E-state index >= 15 is 0 Å². The number of methoxy groups -OCH3 is 1. The first-order chi connectivity index (χ1) is 8.70. The molecule has 0 aromatic carbocycles. The van der Waals surface area contributed by atoms with Gasteiger partial charge in [-0.1, -0.05) is 18.2 Å². The average molecular weight is 250 g/mol. The van der Waals surface area contributed by atoms with Crippen LogP contribution in [-0.2, 0) is 9.47 Å². The highest BCUT2D eigenvalue weighted by Crippen LogP contribution is 2.54. The highest BCUT2D eigenvalue weighted by molar-refractivity contribution is 5.14. The summed E-state index contributed by atoms with van der Waals surface area (Å²) in [5.41, 5.74) is 0. The van der Waals surface area contributed by atoms with E-state index in [-0.39, 0.29) is 12.2 Å². The maximum Gasteiger partial charge on any atom is 0.172 e. The van der Waals surface area contributed by atoms with E-state index in [1.807, 2.05) is 18.2 Å². The zero-order chi connectivity index (χ0) is 12.8. The zero-order valence-electron chi connectivity index (χ0n) is 10.9. The Morgan fingerprint density at radius 1 is 1.50 bits per heavy atom. The summed E-state index contributed by atoms with van der Waals surface area (Å²) in [7, 11) is 1.75. The van der Waals surface area contributed by atoms with Crippen LogP contribution in [0.25, 0.3) is 0 Å². The summed E-state index contributed by atoms with van der Waals surface area (Å²) in [6, 6.07) is 0. The van der Waals surface area contributed by atoms with Crippen molar-refractivity contribution in [3.05, 3.63) is 24.8 Å². The minimum absolute atomic E-state index is 0.0962. The van der Waals surface area contributed by atoms with Gasteiger partial charge < -0.3 is 14.6 Å². The summed E-state index contributed by atoms with van der Waals surface area (Å²) in [4.78, 5) is 0. The fourth-order valence-corrected chi connectivity index (χ4v) is 4.17. The molecule has 3 nitrogen and oxygen atoms in total. The molecule has 6 atom stereocenters. The maximum absolute atomic E-state index is 9.85. The van der Waals surface area contributed by atoms with Crippen molar-refractivity contribution >= 4 is 0 Å². The largest absolute Gasteiger partial charge is 0.389 e. The van der Waals surface area contributed by atoms with E-state index in [0.717, 1.165) is 25.7 Å². The first-order valence-electron chi connectivity index (χ1n) is 6.92. The van der Waals surface area contributed by atoms with Crippen molar-refractivity contribution in [2.45, 2.75) is 43.7 Å². The fraction of sp³-hybridized carbons (Fsp3) is 0.733. The molecule has 2 unspecified atom stereocenters. The molecule has 2 fully saturated rings. The normalized spacial score (nSPS) is 50.7. The quantitative estimate of drug-likeness (QED) is 0.764. The van der Waals surface area contributed by atoms with Crippen LogP contribution < -0.4 is 0 Å². The summed E-state index contributed by atoms with van der Waals surface area (Å²) in [5, 5.41) is 9.85. The van der Waals surface area contributed by atoms with Crippen molar-refractivity contribution in [1.29, 1.82) is 0 Å². The molecule has 2 aliphatic carbocycles. The lowest BCUT2D eigenvalue weighted by Crippen LogP contribution is -2.45. The van der Waals surface area contributed by atoms with Gasteiger partial charge in [-0.05, 0) is 25.2 Å². The van der Waals surface area contributed by atoms with Gasteiger partial charge in [-0.15, -0.1) is 6.58 Å². The second-order valence-corrected chi connectivity index (χ2v) is 5.77. The van der Waals surface area contributed by atoms with Gasteiger partial charge in [0.15, 0.2) is 5.79 Å². The molecule has 1 saturated carbocycles. The second kappa shape index (κ2) is 4.48. The van der Waals surface area contributed by atoms with Gasteiger partial charge in [0.05, 0.1) is 12.2 Å². The number of aliphatic hydroxyl groups is 1. The van der Waals surface area contributed by atoms with Crippen LogP contribution in [0, 0.1) is 17.8 Å². The van der Waals surface area contributed by atoms with Gasteiger partial charge in [-0.3, -0.25) is 0 Å². The fourth-order valence-electron chi connectivity index (χ4n) is 4.17. The summed E-state index contributed by atoms with van der Waals surface area (Å²) < 4.78 is 12.0. The summed E-state index contributed by atoms with van der Waals surface area (Å²) in [6.07, 6.45) is 9.68. The summed E-state index contributed by atoms with van der Waals surface area (Å²) in [5.74, 6) is 0.667. The predicted octanol–water partition coefficient (Wildman–Crippen LogP) is 2.27. The SMILES string of the molecule is C=C[C@@H]1CCCC2(OC)O[C@H]3C=CC(O)C[C@H]3[C@@H]12. The number of rotatable bonds is 2. The molecule has 0 radical (unpaired) electrons. The van der Waals surface area contributed by atoms with Crippen LogP contribution in [0.5, 0.6) is 0 Å². The Morgan fingerprint density at radius 3 is 3.06 bits per heavy atom. The van der Waals surface area contributed by atoms with Gasteiger partial charge in [0.1, 0.15) is 0 Å². The molecular weight excluding hydrogens is 228 g/mol. The van der Waals surface area contributed by atoms with E-state index in [1.165, 1.54) is 0 Å². The van der Waals surface area contributed by atoms with Crippen LogP contribution in [0.15, 0.2) is 24.8 Å². The number of fused-ring (bicyclic) bond motifs is 3. The molecule has 0 spiro atoms. The zero-order valence-corrected chi connectivity index (χ0v) is 10.9. The molecule has 100 valence electrons. The Labute approximate surface area is 108 Å². The third kappa shape index (κ3) is 1.68. The van der Waals surface area contributed by atoms with Crippen molar-refractivity contribution in [1.82, 2.24) is 0 Å². The van der Waals surface area contributed by atoms with E-state index in [9.17, 15) is 5.11 Å². The van der Waals surface area contributed by atoms with E-state index < -0.39 is 5.79 Å². The number of ether oxygens (including phenoxy) is 2. The number of allylic oxidation sites excluding steroid dienone is 1. The molecule has 3 aliphatic rings. The summed E-state index contributed by atoms with van der Waals surface area (Å²) >= 11 is 0. The van der Waals surface area contributed by atoms with E-state index in [1.54, 1.807) is 7.11 Å². The van der Waals surface area contributed by atoms with Crippen molar-refractivity contribution in [3.63, 3.8) is 0 Å². The molecule has 1 heterocycles. The molecule has 0 aromatic rings. The minimum Gasteiger partial charge on any atom is -0.389 e. The van der Waals surface area contributed by atoms with Gasteiger partial charge >= 0.3 is 0 Å². The van der Waals surface area contributed by atoms with E-state index in [4.69, 9.17) is 9.47 Å². The van der Waals surface area contributed by atoms with Gasteiger partial charge in [0, 0.05) is 25.4 Å². The lowest BCUT2D eigenvalue weighted by atomic mass is 9.67. The van der Waals surface area contributed by atoms with Crippen LogP contribution in [0.1, 0.15) is 25.7 Å². The standard InChI is InChI=1S/C15H22O3/c1-3-10-5-4-8-15(17-2)14(10)12-9-11(16)6-7-13(12)18-15/h3,6-7,10-14,16H,1,4-5,8-9H2,2H3/t10-,11?,12-,13+,14-,15?/m1/s1. The molecule has 0 amide bonds. The maximum atomic E-state index is 9.85. The number of aliphatic hydroxyl groups excluding tert-OH is 1. The third-order valence-electron chi connectivity index (χ3n) is 4.94. The second-order valence-electron chi connectivity index (χ2n) is 5.77. The molecule has 3 heteroatoms. The van der Waals surface area contributed by atoms with Crippen LogP contribution in [-0.4, -0.2) is 30.2 Å². The van der Waals surface area contributed by atoms with Crippen LogP contribution >= 0.6 is 0 Å². The molecule has 18 heavy (non-hydrogen) atoms. The molecule has 3 rings (SSSR count). The highest BCUT2D eigenvalue weighted by Gasteiger charge is 2.58. The molecule has 0 aromatic heterocycles. The van der Waals surface area contributed by atoms with Crippen molar-refractivity contribution in [3.8, 4) is 0 Å². The van der Waals surface area contributed by atoms with Gasteiger partial charge in [-0.2, -0.15) is 0 Å². The Balaban J connectivity index is 1.96. The number of hydrogen-bond acceptors (Lipinski definition) is 3. The molecule has 1 N–H and O–H groups in total. The topological polar surface area (TPSA) is 38.7 Å². The van der Waals surface area contributed by atoms with Crippen LogP contribution in [0.4, 0.5) is 0 Å². The van der Waals surface area contributed by atoms with E-state index in [2.05, 4.69) is 6.58 Å². The van der Waals surface area contributed by atoms with Crippen molar-refractivity contribution < 1.29 is 14.6 Å². The first-order valence-corrected chi connectivity index (χ1v) is 6.92. The van der Waals surface area contributed by atoms with Crippen molar-refractivity contribution in [2.75, 3.05) is 7.11 Å². The monoisotopic (exact) mass is 250 g/mol. The smallest absolute Gasteiger partial charge is 0.172 e. The molecule has 1 aliphatic heterocycles. The lowest BCUT2D eigenvalue weighted by Gasteiger charge is -2.42. The minimum atomic E-state index is -0.458. The molecular formula is C15H22O3. The Kier molecular flexibility index (Phi) is 3.08. The Bertz CT molecular complexity index is 365. The van der Waals surface area contributed by atoms with Gasteiger partial charge in [-0.25, -0.2) is 0 Å². The average Bonchev–Trinajstić information content (AvgIpc) is 2.73. The van der Waals surface area contributed by atoms with Gasteiger partial charge in [0.2, 0.25) is 0 Å². The van der Waals surface area contributed by atoms with Crippen LogP contribution in [0.2, 0.25) is 0 Å². The van der Waals surface area contributed by atoms with Crippen LogP contribution in [0.3, 0.4) is 0 Å². The van der Waals surface area contributed by atoms with Gasteiger partial charge in [0.25, 0.3) is 0 Å². The predicted molar refractivity (Wildman–Crippen MR) is 68.9 cm³/mol. The van der Waals surface area contributed by atoms with E-state index in [0.29, 0.717) is 17.8 Å². The first kappa shape index (κ1) is 12.4. The Hall–Kier alpha value is -0.640. The van der Waals surface area contributed by atoms with Crippen molar-refractivity contribution in [2.24, 2.45) is 17.8 Å². The third-order valence-corrected chi connectivity index (χ3v) is 4.94. The lowest BCUT2D eigenvalue weighted by molar-refractivity contribution is -0.243.